The van der Waals surface area contributed by atoms with Crippen molar-refractivity contribution < 1.29 is 24.2 Å². The second kappa shape index (κ2) is 8.84. The van der Waals surface area contributed by atoms with E-state index in [4.69, 9.17) is 14.6 Å². The lowest BCUT2D eigenvalue weighted by Gasteiger charge is -2.34. The number of likely N-dealkylation sites (tertiary alicyclic amines) is 1. The molecule has 0 spiro atoms. The second-order valence-corrected chi connectivity index (χ2v) is 5.36. The van der Waals surface area contributed by atoms with Crippen LogP contribution in [0.1, 0.15) is 26.2 Å². The number of ether oxygens (including phenoxy) is 2. The Morgan fingerprint density at radius 2 is 2.10 bits per heavy atom. The number of nitrogens with zero attached hydrogens (tertiary/aromatic N) is 2. The summed E-state index contributed by atoms with van der Waals surface area (Å²) in [5, 5.41) is 8.96. The summed E-state index contributed by atoms with van der Waals surface area (Å²) >= 11 is 0. The quantitative estimate of drug-likeness (QED) is 0.724. The predicted octanol–water partition coefficient (Wildman–Crippen LogP) is 1.03. The number of carboxylic acid groups (broad SMARTS) is 1. The fourth-order valence-corrected chi connectivity index (χ4v) is 2.69. The predicted molar refractivity (Wildman–Crippen MR) is 77.3 cm³/mol. The number of hydrogen-bond donors (Lipinski definition) is 1. The molecule has 7 heteroatoms. The summed E-state index contributed by atoms with van der Waals surface area (Å²) in [4.78, 5) is 27.0. The van der Waals surface area contributed by atoms with Gasteiger partial charge < -0.3 is 24.4 Å². The highest BCUT2D eigenvalue weighted by molar-refractivity contribution is 5.77. The van der Waals surface area contributed by atoms with Crippen molar-refractivity contribution in [1.82, 2.24) is 9.80 Å². The van der Waals surface area contributed by atoms with Crippen molar-refractivity contribution in [2.45, 2.75) is 38.3 Å². The lowest BCUT2D eigenvalue weighted by molar-refractivity contribution is -0.138. The van der Waals surface area contributed by atoms with Gasteiger partial charge in [0.2, 0.25) is 0 Å². The zero-order chi connectivity index (χ0) is 15.8. The summed E-state index contributed by atoms with van der Waals surface area (Å²) in [6.45, 7) is 3.87. The van der Waals surface area contributed by atoms with E-state index in [0.717, 1.165) is 12.8 Å². The maximum absolute atomic E-state index is 12.7. The van der Waals surface area contributed by atoms with E-state index in [1.807, 2.05) is 6.92 Å². The molecule has 1 N–H and O–H groups in total. The topological polar surface area (TPSA) is 79.3 Å². The molecule has 122 valence electrons. The maximum Gasteiger partial charge on any atom is 0.320 e. The van der Waals surface area contributed by atoms with Crippen LogP contribution in [0, 0.1) is 0 Å². The highest BCUT2D eigenvalue weighted by Crippen LogP contribution is 2.22. The standard InChI is InChI=1S/C14H26N2O5/c1-11(10-21-3)15(7-8-20-2)14(19)16-6-4-5-12(16)9-13(17)18/h11-12H,4-10H2,1-3H3,(H,17,18). The molecule has 0 aromatic carbocycles. The van der Waals surface area contributed by atoms with Crippen LogP contribution in [-0.2, 0) is 14.3 Å². The van der Waals surface area contributed by atoms with Crippen LogP contribution >= 0.6 is 0 Å². The van der Waals surface area contributed by atoms with E-state index < -0.39 is 5.97 Å². The molecule has 1 saturated heterocycles. The van der Waals surface area contributed by atoms with Gasteiger partial charge in [0.1, 0.15) is 0 Å². The second-order valence-electron chi connectivity index (χ2n) is 5.36. The van der Waals surface area contributed by atoms with Gasteiger partial charge in [-0.2, -0.15) is 0 Å². The molecule has 2 amide bonds. The first-order valence-corrected chi connectivity index (χ1v) is 7.28. The first-order chi connectivity index (χ1) is 10.0. The van der Waals surface area contributed by atoms with Crippen molar-refractivity contribution in [1.29, 1.82) is 0 Å². The smallest absolute Gasteiger partial charge is 0.320 e. The number of aliphatic carboxylic acids is 1. The SMILES string of the molecule is COCCN(C(=O)N1CCCC1CC(=O)O)C(C)COC. The van der Waals surface area contributed by atoms with E-state index in [1.54, 1.807) is 24.0 Å². The van der Waals surface area contributed by atoms with Crippen molar-refractivity contribution in [3.8, 4) is 0 Å². The first-order valence-electron chi connectivity index (χ1n) is 7.28. The van der Waals surface area contributed by atoms with Crippen LogP contribution in [0.15, 0.2) is 0 Å². The average Bonchev–Trinajstić information content (AvgIpc) is 2.86. The van der Waals surface area contributed by atoms with Crippen LogP contribution in [0.25, 0.3) is 0 Å². The van der Waals surface area contributed by atoms with Crippen molar-refractivity contribution in [3.63, 3.8) is 0 Å². The van der Waals surface area contributed by atoms with E-state index in [1.165, 1.54) is 0 Å². The number of urea groups is 1. The number of amides is 2. The fourth-order valence-electron chi connectivity index (χ4n) is 2.69. The Kier molecular flexibility index (Phi) is 7.45. The molecule has 2 unspecified atom stereocenters. The number of carbonyl (C=O) groups is 2. The Hall–Kier alpha value is -1.34. The summed E-state index contributed by atoms with van der Waals surface area (Å²) < 4.78 is 10.2. The van der Waals surface area contributed by atoms with Gasteiger partial charge in [-0.1, -0.05) is 0 Å². The summed E-state index contributed by atoms with van der Waals surface area (Å²) in [7, 11) is 3.19. The number of hydrogen-bond acceptors (Lipinski definition) is 4. The molecule has 0 aliphatic carbocycles. The third kappa shape index (κ3) is 5.17. The van der Waals surface area contributed by atoms with Gasteiger partial charge in [0.15, 0.2) is 0 Å². The lowest BCUT2D eigenvalue weighted by Crippen LogP contribution is -2.51. The first kappa shape index (κ1) is 17.7. The third-order valence-corrected chi connectivity index (χ3v) is 3.76. The molecular weight excluding hydrogens is 276 g/mol. The molecule has 0 aromatic heterocycles. The molecule has 0 aromatic rings. The number of rotatable bonds is 8. The van der Waals surface area contributed by atoms with Crippen molar-refractivity contribution in [2.24, 2.45) is 0 Å². The fraction of sp³-hybridized carbons (Fsp3) is 0.857. The van der Waals surface area contributed by atoms with Gasteiger partial charge in [0, 0.05) is 33.4 Å². The molecule has 0 saturated carbocycles. The van der Waals surface area contributed by atoms with Crippen molar-refractivity contribution in [3.05, 3.63) is 0 Å². The molecular formula is C14H26N2O5. The Balaban J connectivity index is 2.75. The Bertz CT molecular complexity index is 350. The molecule has 0 radical (unpaired) electrons. The Morgan fingerprint density at radius 3 is 2.67 bits per heavy atom. The summed E-state index contributed by atoms with van der Waals surface area (Å²) in [6.07, 6.45) is 1.60. The highest BCUT2D eigenvalue weighted by Gasteiger charge is 2.34. The minimum atomic E-state index is -0.868. The summed E-state index contributed by atoms with van der Waals surface area (Å²) in [5.74, 6) is -0.868. The van der Waals surface area contributed by atoms with Gasteiger partial charge in [-0.3, -0.25) is 4.79 Å². The van der Waals surface area contributed by atoms with E-state index >= 15 is 0 Å². The number of carboxylic acids is 1. The van der Waals surface area contributed by atoms with Gasteiger partial charge >= 0.3 is 12.0 Å². The molecule has 1 aliphatic heterocycles. The lowest BCUT2D eigenvalue weighted by atomic mass is 10.1. The molecule has 2 atom stereocenters. The largest absolute Gasteiger partial charge is 0.481 e. The number of carbonyl (C=O) groups excluding carboxylic acids is 1. The zero-order valence-corrected chi connectivity index (χ0v) is 13.1. The zero-order valence-electron chi connectivity index (χ0n) is 13.1. The molecule has 7 nitrogen and oxygen atoms in total. The monoisotopic (exact) mass is 302 g/mol. The van der Waals surface area contributed by atoms with Crippen LogP contribution < -0.4 is 0 Å². The molecule has 1 heterocycles. The third-order valence-electron chi connectivity index (χ3n) is 3.76. The van der Waals surface area contributed by atoms with Crippen LogP contribution in [0.3, 0.4) is 0 Å². The summed E-state index contributed by atoms with van der Waals surface area (Å²) in [6, 6.07) is -0.418. The molecule has 21 heavy (non-hydrogen) atoms. The molecule has 1 fully saturated rings. The van der Waals surface area contributed by atoms with Gasteiger partial charge in [0.05, 0.1) is 25.7 Å². The molecule has 0 bridgehead atoms. The highest BCUT2D eigenvalue weighted by atomic mass is 16.5. The van der Waals surface area contributed by atoms with Crippen molar-refractivity contribution in [2.75, 3.05) is 40.5 Å². The van der Waals surface area contributed by atoms with Gasteiger partial charge in [0.25, 0.3) is 0 Å². The van der Waals surface area contributed by atoms with E-state index in [0.29, 0.717) is 26.3 Å². The van der Waals surface area contributed by atoms with Gasteiger partial charge in [-0.25, -0.2) is 4.79 Å². The summed E-state index contributed by atoms with van der Waals surface area (Å²) in [5.41, 5.74) is 0. The van der Waals surface area contributed by atoms with Crippen LogP contribution in [0.5, 0.6) is 0 Å². The van der Waals surface area contributed by atoms with Crippen molar-refractivity contribution >= 4 is 12.0 Å². The minimum Gasteiger partial charge on any atom is -0.481 e. The Morgan fingerprint density at radius 1 is 1.38 bits per heavy atom. The van der Waals surface area contributed by atoms with E-state index in [2.05, 4.69) is 0 Å². The normalized spacial score (nSPS) is 19.6. The molecule has 1 rings (SSSR count). The van der Waals surface area contributed by atoms with Crippen LogP contribution in [0.2, 0.25) is 0 Å². The number of methoxy groups -OCH3 is 2. The average molecular weight is 302 g/mol. The van der Waals surface area contributed by atoms with Crippen LogP contribution in [0.4, 0.5) is 4.79 Å². The van der Waals surface area contributed by atoms with Gasteiger partial charge in [-0.15, -0.1) is 0 Å². The maximum atomic E-state index is 12.7. The Labute approximate surface area is 125 Å². The van der Waals surface area contributed by atoms with Gasteiger partial charge in [-0.05, 0) is 19.8 Å². The van der Waals surface area contributed by atoms with E-state index in [9.17, 15) is 9.59 Å². The van der Waals surface area contributed by atoms with E-state index in [-0.39, 0.29) is 24.5 Å². The van der Waals surface area contributed by atoms with Crippen LogP contribution in [-0.4, -0.2) is 79.5 Å². The minimum absolute atomic E-state index is 0.00250. The molecule has 1 aliphatic rings.